The van der Waals surface area contributed by atoms with Crippen molar-refractivity contribution in [3.63, 3.8) is 0 Å². The summed E-state index contributed by atoms with van der Waals surface area (Å²) >= 11 is 0. The van der Waals surface area contributed by atoms with Gasteiger partial charge in [0.1, 0.15) is 5.75 Å². The quantitative estimate of drug-likeness (QED) is 0.922. The highest BCUT2D eigenvalue weighted by Crippen LogP contribution is 2.31. The molecule has 0 saturated carbocycles. The molecule has 5 rings (SSSR count). The van der Waals surface area contributed by atoms with Gasteiger partial charge in [-0.05, 0) is 42.9 Å². The lowest BCUT2D eigenvalue weighted by Crippen LogP contribution is -2.43. The third-order valence-electron chi connectivity index (χ3n) is 5.81. The Labute approximate surface area is 155 Å². The fourth-order valence-corrected chi connectivity index (χ4v) is 4.36. The first-order valence-electron chi connectivity index (χ1n) is 9.47. The lowest BCUT2D eigenvalue weighted by Gasteiger charge is -2.36. The number of benzene rings is 2. The van der Waals surface area contributed by atoms with Gasteiger partial charge in [-0.25, -0.2) is 0 Å². The van der Waals surface area contributed by atoms with E-state index in [9.17, 15) is 9.90 Å². The maximum absolute atomic E-state index is 13.1. The summed E-state index contributed by atoms with van der Waals surface area (Å²) in [6.45, 7) is 5.35. The second-order valence-electron chi connectivity index (χ2n) is 7.69. The van der Waals surface area contributed by atoms with Gasteiger partial charge in [0, 0.05) is 32.2 Å². The number of aryl methyl sites for hydroxylation is 1. The minimum absolute atomic E-state index is 0.0374. The number of carbonyl (C=O) groups is 1. The molecule has 4 heteroatoms. The van der Waals surface area contributed by atoms with Crippen molar-refractivity contribution in [2.75, 3.05) is 19.6 Å². The first-order chi connectivity index (χ1) is 12.6. The van der Waals surface area contributed by atoms with Crippen molar-refractivity contribution in [2.45, 2.75) is 32.4 Å². The lowest BCUT2D eigenvalue weighted by atomic mass is 9.94. The molecule has 3 heterocycles. The first kappa shape index (κ1) is 17.1. The van der Waals surface area contributed by atoms with E-state index in [4.69, 9.17) is 0 Å². The zero-order valence-electron chi connectivity index (χ0n) is 15.3. The molecule has 3 aliphatic rings. The number of phenolic OH excluding ortho intramolecular Hbond substituents is 1. The Hall–Kier alpha value is -2.33. The van der Waals surface area contributed by atoms with Gasteiger partial charge in [-0.2, -0.15) is 0 Å². The lowest BCUT2D eigenvalue weighted by molar-refractivity contribution is 0.0733. The van der Waals surface area contributed by atoms with Crippen molar-refractivity contribution >= 4 is 5.91 Å². The van der Waals surface area contributed by atoms with Crippen LogP contribution in [0.25, 0.3) is 0 Å². The zero-order valence-corrected chi connectivity index (χ0v) is 15.3. The number of fused-ring (bicyclic) bond motifs is 4. The maximum Gasteiger partial charge on any atom is 0.257 e. The van der Waals surface area contributed by atoms with Gasteiger partial charge in [0.05, 0.1) is 5.56 Å². The molecule has 0 unspecified atom stereocenters. The number of aromatic hydroxyl groups is 1. The summed E-state index contributed by atoms with van der Waals surface area (Å²) in [6.07, 6.45) is 2.32. The van der Waals surface area contributed by atoms with Crippen LogP contribution in [0.2, 0.25) is 0 Å². The third kappa shape index (κ3) is 3.34. The van der Waals surface area contributed by atoms with Crippen molar-refractivity contribution in [3.8, 4) is 5.75 Å². The number of hydrogen-bond acceptors (Lipinski definition) is 3. The first-order valence-corrected chi connectivity index (χ1v) is 9.47. The Balaban J connectivity index is 1.52. The van der Waals surface area contributed by atoms with Crippen molar-refractivity contribution in [3.05, 3.63) is 65.2 Å². The monoisotopic (exact) mass is 350 g/mol. The van der Waals surface area contributed by atoms with Gasteiger partial charge < -0.3 is 10.0 Å². The fourth-order valence-electron chi connectivity index (χ4n) is 4.36. The van der Waals surface area contributed by atoms with E-state index in [0.717, 1.165) is 38.2 Å². The molecule has 1 N–H and O–H groups in total. The van der Waals surface area contributed by atoms with E-state index in [1.54, 1.807) is 6.07 Å². The number of hydrogen-bond donors (Lipinski definition) is 1. The number of piperidine rings is 1. The molecule has 3 aliphatic heterocycles. The summed E-state index contributed by atoms with van der Waals surface area (Å²) in [5, 5.41) is 10.3. The van der Waals surface area contributed by atoms with E-state index in [0.29, 0.717) is 17.5 Å². The van der Waals surface area contributed by atoms with Crippen molar-refractivity contribution < 1.29 is 9.90 Å². The normalized spacial score (nSPS) is 23.0. The molecule has 3 saturated heterocycles. The van der Waals surface area contributed by atoms with E-state index >= 15 is 0 Å². The van der Waals surface area contributed by atoms with E-state index < -0.39 is 0 Å². The molecule has 0 aromatic heterocycles. The molecular weight excluding hydrogens is 324 g/mol. The van der Waals surface area contributed by atoms with Gasteiger partial charge in [0.15, 0.2) is 0 Å². The van der Waals surface area contributed by atoms with Crippen LogP contribution in [-0.4, -0.2) is 46.5 Å². The van der Waals surface area contributed by atoms with E-state index in [1.807, 2.05) is 30.0 Å². The van der Waals surface area contributed by atoms with E-state index in [2.05, 4.69) is 29.2 Å². The molecule has 136 valence electrons. The smallest absolute Gasteiger partial charge is 0.257 e. The highest BCUT2D eigenvalue weighted by Gasteiger charge is 2.37. The fraction of sp³-hybridized carbons (Fsp3) is 0.409. The minimum atomic E-state index is -0.0374. The predicted molar refractivity (Wildman–Crippen MR) is 102 cm³/mol. The molecule has 0 aliphatic carbocycles. The third-order valence-corrected chi connectivity index (χ3v) is 5.81. The molecule has 2 atom stereocenters. The molecule has 2 bridgehead atoms. The summed E-state index contributed by atoms with van der Waals surface area (Å²) < 4.78 is 0. The molecule has 2 aromatic rings. The SMILES string of the molecule is Cc1cccc(C(=O)N2C[C@H]3CC[C@@H](C2)N(Cc2ccccc2)C3)c1O. The predicted octanol–water partition coefficient (Wildman–Crippen LogP) is 3.44. The molecule has 3 fully saturated rings. The number of phenols is 1. The van der Waals surface area contributed by atoms with Crippen molar-refractivity contribution in [2.24, 2.45) is 5.92 Å². The Morgan fingerprint density at radius 2 is 1.85 bits per heavy atom. The van der Waals surface area contributed by atoms with Gasteiger partial charge >= 0.3 is 0 Å². The molecule has 1 amide bonds. The average molecular weight is 350 g/mol. The van der Waals surface area contributed by atoms with Crippen LogP contribution in [-0.2, 0) is 6.54 Å². The molecule has 26 heavy (non-hydrogen) atoms. The molecule has 2 aromatic carbocycles. The summed E-state index contributed by atoms with van der Waals surface area (Å²) in [5.41, 5.74) is 2.51. The topological polar surface area (TPSA) is 43.8 Å². The van der Waals surface area contributed by atoms with Crippen LogP contribution >= 0.6 is 0 Å². The van der Waals surface area contributed by atoms with Gasteiger partial charge in [-0.1, -0.05) is 42.5 Å². The van der Waals surface area contributed by atoms with E-state index in [1.165, 1.54) is 12.0 Å². The van der Waals surface area contributed by atoms with Crippen LogP contribution in [0.4, 0.5) is 0 Å². The highest BCUT2D eigenvalue weighted by molar-refractivity contribution is 5.97. The van der Waals surface area contributed by atoms with Gasteiger partial charge in [-0.3, -0.25) is 9.69 Å². The number of para-hydroxylation sites is 1. The largest absolute Gasteiger partial charge is 0.507 e. The molecule has 0 spiro atoms. The van der Waals surface area contributed by atoms with Crippen molar-refractivity contribution in [1.29, 1.82) is 0 Å². The molecule has 4 nitrogen and oxygen atoms in total. The number of carbonyl (C=O) groups excluding carboxylic acids is 1. The minimum Gasteiger partial charge on any atom is -0.507 e. The van der Waals surface area contributed by atoms with Crippen LogP contribution < -0.4 is 0 Å². The Morgan fingerprint density at radius 1 is 1.04 bits per heavy atom. The number of nitrogens with zero attached hydrogens (tertiary/aromatic N) is 2. The van der Waals surface area contributed by atoms with Crippen LogP contribution in [0.15, 0.2) is 48.5 Å². The van der Waals surface area contributed by atoms with E-state index in [-0.39, 0.29) is 11.7 Å². The van der Waals surface area contributed by atoms with Crippen LogP contribution in [0.1, 0.15) is 34.3 Å². The van der Waals surface area contributed by atoms with Crippen LogP contribution in [0, 0.1) is 12.8 Å². The van der Waals surface area contributed by atoms with Crippen LogP contribution in [0.5, 0.6) is 5.75 Å². The van der Waals surface area contributed by atoms with Gasteiger partial charge in [0.2, 0.25) is 0 Å². The summed E-state index contributed by atoms with van der Waals surface area (Å²) in [5.74, 6) is 0.591. The second-order valence-corrected chi connectivity index (χ2v) is 7.69. The van der Waals surface area contributed by atoms with Gasteiger partial charge in [0.25, 0.3) is 5.91 Å². The number of amides is 1. The van der Waals surface area contributed by atoms with Gasteiger partial charge in [-0.15, -0.1) is 0 Å². The standard InChI is InChI=1S/C22H26N2O2/c1-16-6-5-9-20(21(16)25)22(26)24-14-18-10-11-19(15-24)23(13-18)12-17-7-3-2-4-8-17/h2-9,18-19,25H,10-15H2,1H3/t18-,19-/m0/s1. The maximum atomic E-state index is 13.1. The Morgan fingerprint density at radius 3 is 2.65 bits per heavy atom. The Bertz CT molecular complexity index is 790. The Kier molecular flexibility index (Phi) is 4.68. The average Bonchev–Trinajstić information content (AvgIpc) is 2.96. The van der Waals surface area contributed by atoms with Crippen molar-refractivity contribution in [1.82, 2.24) is 9.80 Å². The number of rotatable bonds is 3. The summed E-state index contributed by atoms with van der Waals surface area (Å²) in [4.78, 5) is 17.6. The second kappa shape index (κ2) is 7.12. The highest BCUT2D eigenvalue weighted by atomic mass is 16.3. The zero-order chi connectivity index (χ0) is 18.1. The summed E-state index contributed by atoms with van der Waals surface area (Å²) in [7, 11) is 0. The molecular formula is C22H26N2O2. The van der Waals surface area contributed by atoms with Crippen LogP contribution in [0.3, 0.4) is 0 Å². The molecule has 0 radical (unpaired) electrons. The summed E-state index contributed by atoms with van der Waals surface area (Å²) in [6, 6.07) is 16.4.